The van der Waals surface area contributed by atoms with E-state index in [2.05, 4.69) is 15.4 Å². The molecule has 2 N–H and O–H groups in total. The van der Waals surface area contributed by atoms with Crippen LogP contribution in [0.15, 0.2) is 53.3 Å². The minimum Gasteiger partial charge on any atom is -0.319 e. The van der Waals surface area contributed by atoms with Crippen LogP contribution < -0.4 is 11.0 Å². The van der Waals surface area contributed by atoms with Crippen LogP contribution in [0.4, 0.5) is 10.1 Å². The fourth-order valence-corrected chi connectivity index (χ4v) is 2.12. The fourth-order valence-electron chi connectivity index (χ4n) is 1.94. The molecule has 0 spiro atoms. The van der Waals surface area contributed by atoms with Crippen LogP contribution in [0.1, 0.15) is 10.6 Å². The van der Waals surface area contributed by atoms with E-state index in [1.807, 2.05) is 0 Å². The lowest BCUT2D eigenvalue weighted by Crippen LogP contribution is -2.15. The minimum atomic E-state index is -0.639. The van der Waals surface area contributed by atoms with E-state index in [0.29, 0.717) is 5.69 Å². The molecule has 0 bridgehead atoms. The molecule has 0 saturated carbocycles. The number of halogens is 2. The first-order chi connectivity index (χ1) is 11.0. The summed E-state index contributed by atoms with van der Waals surface area (Å²) in [7, 11) is 0. The van der Waals surface area contributed by atoms with Crippen LogP contribution in [-0.2, 0) is 0 Å². The number of aromatic nitrogens is 3. The maximum Gasteiger partial charge on any atom is 0.348 e. The van der Waals surface area contributed by atoms with Crippen LogP contribution in [0.25, 0.3) is 5.69 Å². The molecule has 23 heavy (non-hydrogen) atoms. The number of amides is 1. The Balaban J connectivity index is 1.86. The molecule has 3 aromatic rings. The summed E-state index contributed by atoms with van der Waals surface area (Å²) in [6.45, 7) is 0. The highest BCUT2D eigenvalue weighted by Gasteiger charge is 2.15. The Morgan fingerprint density at radius 2 is 1.96 bits per heavy atom. The molecule has 0 radical (unpaired) electrons. The summed E-state index contributed by atoms with van der Waals surface area (Å²) >= 11 is 5.65. The van der Waals surface area contributed by atoms with Crippen LogP contribution in [0.3, 0.4) is 0 Å². The zero-order chi connectivity index (χ0) is 16.4. The van der Waals surface area contributed by atoms with Gasteiger partial charge in [0.25, 0.3) is 5.91 Å². The third kappa shape index (κ3) is 3.14. The van der Waals surface area contributed by atoms with Gasteiger partial charge in [-0.05, 0) is 30.3 Å². The fraction of sp³-hybridized carbons (Fsp3) is 0. The maximum atomic E-state index is 13.1. The first kappa shape index (κ1) is 15.0. The Labute approximate surface area is 134 Å². The van der Waals surface area contributed by atoms with Crippen molar-refractivity contribution in [2.75, 3.05) is 5.32 Å². The molecule has 6 nitrogen and oxygen atoms in total. The van der Waals surface area contributed by atoms with E-state index in [0.717, 1.165) is 10.7 Å². The van der Waals surface area contributed by atoms with Crippen molar-refractivity contribution in [1.29, 1.82) is 0 Å². The second-order valence-corrected chi connectivity index (χ2v) is 5.02. The number of aromatic amines is 1. The lowest BCUT2D eigenvalue weighted by molar-refractivity contribution is 0.101. The third-order valence-corrected chi connectivity index (χ3v) is 3.30. The summed E-state index contributed by atoms with van der Waals surface area (Å²) < 4.78 is 14.2. The number of nitrogens with one attached hydrogen (secondary N) is 2. The standard InChI is InChI=1S/C15H10ClFN4O2/c16-11-8-9(6-7-12(11)17)18-14(22)13-19-15(23)21(20-13)10-4-2-1-3-5-10/h1-8H,(H,18,22)(H,19,20,23). The number of nitrogens with zero attached hydrogens (tertiary/aromatic N) is 2. The molecule has 0 fully saturated rings. The number of hydrogen-bond donors (Lipinski definition) is 2. The van der Waals surface area contributed by atoms with Crippen molar-refractivity contribution in [3.05, 3.63) is 75.7 Å². The zero-order valence-corrected chi connectivity index (χ0v) is 12.3. The summed E-state index contributed by atoms with van der Waals surface area (Å²) in [5, 5.41) is 6.31. The Morgan fingerprint density at radius 1 is 1.22 bits per heavy atom. The van der Waals surface area contributed by atoms with Crippen molar-refractivity contribution < 1.29 is 9.18 Å². The molecule has 8 heteroatoms. The lowest BCUT2D eigenvalue weighted by Gasteiger charge is -2.03. The maximum absolute atomic E-state index is 13.1. The number of para-hydroxylation sites is 1. The van der Waals surface area contributed by atoms with Crippen LogP contribution in [0.5, 0.6) is 0 Å². The van der Waals surface area contributed by atoms with Crippen LogP contribution >= 0.6 is 11.6 Å². The van der Waals surface area contributed by atoms with Gasteiger partial charge in [-0.25, -0.2) is 9.18 Å². The highest BCUT2D eigenvalue weighted by Crippen LogP contribution is 2.19. The number of H-pyrrole nitrogens is 1. The quantitative estimate of drug-likeness (QED) is 0.773. The van der Waals surface area contributed by atoms with Gasteiger partial charge in [-0.2, -0.15) is 4.68 Å². The molecular weight excluding hydrogens is 323 g/mol. The molecule has 1 amide bonds. The number of benzene rings is 2. The Hall–Kier alpha value is -2.93. The first-order valence-electron chi connectivity index (χ1n) is 6.56. The first-order valence-corrected chi connectivity index (χ1v) is 6.93. The van der Waals surface area contributed by atoms with Crippen LogP contribution in [-0.4, -0.2) is 20.7 Å². The zero-order valence-electron chi connectivity index (χ0n) is 11.6. The molecule has 0 saturated heterocycles. The summed E-state index contributed by atoms with van der Waals surface area (Å²) in [6.07, 6.45) is 0. The van der Waals surface area contributed by atoms with Crippen molar-refractivity contribution in [3.63, 3.8) is 0 Å². The molecular formula is C15H10ClFN4O2. The largest absolute Gasteiger partial charge is 0.348 e. The molecule has 0 aliphatic carbocycles. The van der Waals surface area contributed by atoms with Gasteiger partial charge in [0.15, 0.2) is 0 Å². The van der Waals surface area contributed by atoms with Crippen LogP contribution in [0, 0.1) is 5.82 Å². The average molecular weight is 333 g/mol. The second-order valence-electron chi connectivity index (χ2n) is 4.61. The van der Waals surface area contributed by atoms with E-state index >= 15 is 0 Å². The van der Waals surface area contributed by atoms with Crippen molar-refractivity contribution in [3.8, 4) is 5.69 Å². The summed E-state index contributed by atoms with van der Waals surface area (Å²) in [6, 6.07) is 12.4. The van der Waals surface area contributed by atoms with Gasteiger partial charge in [-0.15, -0.1) is 5.10 Å². The van der Waals surface area contributed by atoms with E-state index in [1.165, 1.54) is 12.1 Å². The Morgan fingerprint density at radius 3 is 2.65 bits per heavy atom. The van der Waals surface area contributed by atoms with Gasteiger partial charge in [0.1, 0.15) is 5.82 Å². The SMILES string of the molecule is O=C(Nc1ccc(F)c(Cl)c1)c1nn(-c2ccccc2)c(=O)[nH]1. The summed E-state index contributed by atoms with van der Waals surface area (Å²) in [5.74, 6) is -1.40. The molecule has 3 rings (SSSR count). The average Bonchev–Trinajstić information content (AvgIpc) is 2.94. The topological polar surface area (TPSA) is 79.8 Å². The smallest absolute Gasteiger partial charge is 0.319 e. The van der Waals surface area contributed by atoms with E-state index in [4.69, 9.17) is 11.6 Å². The van der Waals surface area contributed by atoms with Gasteiger partial charge in [-0.1, -0.05) is 29.8 Å². The van der Waals surface area contributed by atoms with E-state index in [9.17, 15) is 14.0 Å². The van der Waals surface area contributed by atoms with E-state index in [1.54, 1.807) is 30.3 Å². The van der Waals surface area contributed by atoms with Gasteiger partial charge in [-0.3, -0.25) is 9.78 Å². The van der Waals surface area contributed by atoms with E-state index in [-0.39, 0.29) is 16.5 Å². The summed E-state index contributed by atoms with van der Waals surface area (Å²) in [4.78, 5) is 26.4. The molecule has 0 atom stereocenters. The van der Waals surface area contributed by atoms with Crippen molar-refractivity contribution in [1.82, 2.24) is 14.8 Å². The van der Waals surface area contributed by atoms with Gasteiger partial charge >= 0.3 is 5.69 Å². The Kier molecular flexibility index (Phi) is 3.94. The van der Waals surface area contributed by atoms with Gasteiger partial charge in [0.2, 0.25) is 5.82 Å². The predicted octanol–water partition coefficient (Wildman–Crippen LogP) is 2.61. The number of carbonyl (C=O) groups excluding carboxylic acids is 1. The van der Waals surface area contributed by atoms with Gasteiger partial charge in [0, 0.05) is 5.69 Å². The third-order valence-electron chi connectivity index (χ3n) is 3.01. The highest BCUT2D eigenvalue weighted by molar-refractivity contribution is 6.31. The molecule has 0 aliphatic rings. The number of rotatable bonds is 3. The van der Waals surface area contributed by atoms with Crippen molar-refractivity contribution >= 4 is 23.2 Å². The molecule has 1 heterocycles. The lowest BCUT2D eigenvalue weighted by atomic mass is 10.3. The number of anilines is 1. The second kappa shape index (κ2) is 6.05. The molecule has 0 aliphatic heterocycles. The summed E-state index contributed by atoms with van der Waals surface area (Å²) in [5.41, 5.74) is 0.271. The van der Waals surface area contributed by atoms with E-state index < -0.39 is 17.4 Å². The predicted molar refractivity (Wildman–Crippen MR) is 83.5 cm³/mol. The Bertz CT molecular complexity index is 921. The number of carbonyl (C=O) groups is 1. The normalized spacial score (nSPS) is 10.5. The molecule has 2 aromatic carbocycles. The monoisotopic (exact) mass is 332 g/mol. The molecule has 1 aromatic heterocycles. The van der Waals surface area contributed by atoms with Gasteiger partial charge < -0.3 is 5.32 Å². The van der Waals surface area contributed by atoms with Crippen molar-refractivity contribution in [2.45, 2.75) is 0 Å². The van der Waals surface area contributed by atoms with Crippen molar-refractivity contribution in [2.24, 2.45) is 0 Å². The molecule has 116 valence electrons. The molecule has 0 unspecified atom stereocenters. The minimum absolute atomic E-state index is 0.119. The van der Waals surface area contributed by atoms with Crippen LogP contribution in [0.2, 0.25) is 5.02 Å². The van der Waals surface area contributed by atoms with Gasteiger partial charge in [0.05, 0.1) is 10.7 Å². The highest BCUT2D eigenvalue weighted by atomic mass is 35.5. The number of hydrogen-bond acceptors (Lipinski definition) is 3.